The molecule has 1 atom stereocenters. The van der Waals surface area contributed by atoms with Crippen LogP contribution in [0.4, 0.5) is 26.3 Å². The van der Waals surface area contributed by atoms with Crippen LogP contribution in [0, 0.1) is 0 Å². The summed E-state index contributed by atoms with van der Waals surface area (Å²) in [6.45, 7) is 6.37. The zero-order chi connectivity index (χ0) is 25.8. The second-order valence-electron chi connectivity index (χ2n) is 7.21. The monoisotopic (exact) mass is 495 g/mol. The lowest BCUT2D eigenvalue weighted by molar-refractivity contribution is -0.305. The van der Waals surface area contributed by atoms with Crippen molar-refractivity contribution in [3.63, 3.8) is 0 Å². The number of esters is 2. The molecule has 12 heteroatoms. The number of nitrogens with one attached hydrogen (secondary N) is 1. The van der Waals surface area contributed by atoms with Crippen LogP contribution in [0.5, 0.6) is 5.75 Å². The molecule has 1 aromatic rings. The Kier molecular flexibility index (Phi) is 8.27. The molecular weight excluding hydrogens is 472 g/mol. The smallest absolute Gasteiger partial charge is 0.439 e. The molecule has 2 rings (SSSR count). The number of alkyl halides is 6. The van der Waals surface area contributed by atoms with E-state index < -0.39 is 42.1 Å². The van der Waals surface area contributed by atoms with Crippen molar-refractivity contribution in [2.75, 3.05) is 13.2 Å². The molecule has 0 spiro atoms. The number of hydrogen-bond donors (Lipinski definition) is 1. The third-order valence-corrected chi connectivity index (χ3v) is 4.80. The standard InChI is InChI=1S/C22H23F6NO5/c1-5-32-18(30)15-11(3)29-12(4)16(19(31)33-6-2)17(15)13-7-9-14(10-8-13)34-22(27,28)20(23)21(24,25)26/h7-10,17,20,29H,5-6H2,1-4H3. The fourth-order valence-corrected chi connectivity index (χ4v) is 3.41. The molecule has 0 bridgehead atoms. The van der Waals surface area contributed by atoms with E-state index in [0.717, 1.165) is 12.1 Å². The van der Waals surface area contributed by atoms with E-state index in [4.69, 9.17) is 9.47 Å². The van der Waals surface area contributed by atoms with Gasteiger partial charge in [0.1, 0.15) is 5.75 Å². The van der Waals surface area contributed by atoms with Crippen LogP contribution in [0.25, 0.3) is 0 Å². The van der Waals surface area contributed by atoms with Crippen LogP contribution in [-0.2, 0) is 19.1 Å². The lowest BCUT2D eigenvalue weighted by atomic mass is 9.80. The van der Waals surface area contributed by atoms with Crippen molar-refractivity contribution in [2.45, 2.75) is 52.1 Å². The Morgan fingerprint density at radius 3 is 1.74 bits per heavy atom. The summed E-state index contributed by atoms with van der Waals surface area (Å²) in [5.74, 6) is -3.29. The molecule has 0 aromatic heterocycles. The Hall–Kier alpha value is -3.18. The molecule has 1 heterocycles. The lowest BCUT2D eigenvalue weighted by Crippen LogP contribution is -2.45. The summed E-state index contributed by atoms with van der Waals surface area (Å²) in [5, 5.41) is 2.91. The number of hydrogen-bond acceptors (Lipinski definition) is 6. The highest BCUT2D eigenvalue weighted by Gasteiger charge is 2.59. The Morgan fingerprint density at radius 2 is 1.35 bits per heavy atom. The second kappa shape index (κ2) is 10.4. The van der Waals surface area contributed by atoms with E-state index in [2.05, 4.69) is 10.1 Å². The first-order valence-electron chi connectivity index (χ1n) is 10.1. The van der Waals surface area contributed by atoms with Gasteiger partial charge in [-0.2, -0.15) is 22.0 Å². The Bertz CT molecular complexity index is 944. The van der Waals surface area contributed by atoms with Crippen molar-refractivity contribution < 1.29 is 50.1 Å². The van der Waals surface area contributed by atoms with Gasteiger partial charge in [-0.25, -0.2) is 14.0 Å². The fraction of sp³-hybridized carbons (Fsp3) is 0.455. The predicted molar refractivity (Wildman–Crippen MR) is 108 cm³/mol. The van der Waals surface area contributed by atoms with Crippen LogP contribution in [0.2, 0.25) is 0 Å². The van der Waals surface area contributed by atoms with E-state index >= 15 is 0 Å². The van der Waals surface area contributed by atoms with Gasteiger partial charge in [-0.15, -0.1) is 0 Å². The van der Waals surface area contributed by atoms with Crippen LogP contribution in [0.15, 0.2) is 46.8 Å². The number of allylic oxidation sites excluding steroid dienone is 2. The molecule has 1 N–H and O–H groups in total. The SMILES string of the molecule is CCOC(=O)C1=C(C)NC(C)=C(C(=O)OCC)C1c1ccc(OC(F)(F)C(F)C(F)(F)F)cc1. The third kappa shape index (κ3) is 5.84. The summed E-state index contributed by atoms with van der Waals surface area (Å²) < 4.78 is 91.5. The number of dihydropyridines is 1. The molecule has 0 fully saturated rings. The molecular formula is C22H23F6NO5. The highest BCUT2D eigenvalue weighted by molar-refractivity contribution is 5.99. The second-order valence-corrected chi connectivity index (χ2v) is 7.21. The molecule has 1 unspecified atom stereocenters. The number of benzene rings is 1. The van der Waals surface area contributed by atoms with Gasteiger partial charge in [0.15, 0.2) is 0 Å². The highest BCUT2D eigenvalue weighted by Crippen LogP contribution is 2.41. The number of rotatable bonds is 8. The fourth-order valence-electron chi connectivity index (χ4n) is 3.41. The minimum Gasteiger partial charge on any atom is -0.463 e. The van der Waals surface area contributed by atoms with Crippen LogP contribution >= 0.6 is 0 Å². The van der Waals surface area contributed by atoms with Gasteiger partial charge in [-0.1, -0.05) is 12.1 Å². The Morgan fingerprint density at radius 1 is 0.912 bits per heavy atom. The Balaban J connectivity index is 2.49. The van der Waals surface area contributed by atoms with E-state index in [-0.39, 0.29) is 29.9 Å². The van der Waals surface area contributed by atoms with Crippen molar-refractivity contribution in [3.8, 4) is 5.75 Å². The number of ether oxygens (including phenoxy) is 3. The van der Waals surface area contributed by atoms with Crippen LogP contribution < -0.4 is 10.1 Å². The zero-order valence-electron chi connectivity index (χ0n) is 18.7. The quantitative estimate of drug-likeness (QED) is 0.408. The van der Waals surface area contributed by atoms with Crippen LogP contribution in [-0.4, -0.2) is 43.6 Å². The summed E-state index contributed by atoms with van der Waals surface area (Å²) in [6.07, 6.45) is -15.5. The van der Waals surface area contributed by atoms with E-state index in [1.165, 1.54) is 12.1 Å². The summed E-state index contributed by atoms with van der Waals surface area (Å²) >= 11 is 0. The molecule has 0 aliphatic carbocycles. The Labute approximate surface area is 191 Å². The largest absolute Gasteiger partial charge is 0.463 e. The normalized spacial score (nSPS) is 16.2. The van der Waals surface area contributed by atoms with Gasteiger partial charge in [0.05, 0.1) is 30.3 Å². The van der Waals surface area contributed by atoms with Gasteiger partial charge < -0.3 is 19.5 Å². The first-order valence-corrected chi connectivity index (χ1v) is 10.1. The maximum absolute atomic E-state index is 13.6. The molecule has 0 amide bonds. The van der Waals surface area contributed by atoms with Crippen molar-refractivity contribution in [1.29, 1.82) is 0 Å². The zero-order valence-corrected chi connectivity index (χ0v) is 18.7. The molecule has 0 saturated carbocycles. The van der Waals surface area contributed by atoms with Crippen molar-refractivity contribution in [2.24, 2.45) is 0 Å². The average Bonchev–Trinajstić information content (AvgIpc) is 2.72. The van der Waals surface area contributed by atoms with E-state index in [9.17, 15) is 35.9 Å². The molecule has 1 aliphatic heterocycles. The molecule has 34 heavy (non-hydrogen) atoms. The number of halogens is 6. The minimum atomic E-state index is -5.83. The molecule has 188 valence electrons. The molecule has 1 aliphatic rings. The van der Waals surface area contributed by atoms with Crippen LogP contribution in [0.1, 0.15) is 39.2 Å². The maximum atomic E-state index is 13.6. The minimum absolute atomic E-state index is 0.0330. The third-order valence-electron chi connectivity index (χ3n) is 4.80. The maximum Gasteiger partial charge on any atom is 0.439 e. The number of carbonyl (C=O) groups is 2. The van der Waals surface area contributed by atoms with E-state index in [1.54, 1.807) is 27.7 Å². The molecule has 0 radical (unpaired) electrons. The van der Waals surface area contributed by atoms with Gasteiger partial charge in [-0.05, 0) is 45.4 Å². The molecule has 0 saturated heterocycles. The summed E-state index contributed by atoms with van der Waals surface area (Å²) in [7, 11) is 0. The average molecular weight is 495 g/mol. The predicted octanol–water partition coefficient (Wildman–Crippen LogP) is 4.92. The lowest BCUT2D eigenvalue weighted by Gasteiger charge is -2.30. The molecule has 1 aromatic carbocycles. The van der Waals surface area contributed by atoms with Crippen molar-refractivity contribution >= 4 is 11.9 Å². The topological polar surface area (TPSA) is 73.9 Å². The summed E-state index contributed by atoms with van der Waals surface area (Å²) in [6, 6.07) is 4.09. The van der Waals surface area contributed by atoms with Gasteiger partial charge in [-0.3, -0.25) is 0 Å². The first kappa shape index (κ1) is 27.1. The van der Waals surface area contributed by atoms with Crippen molar-refractivity contribution in [1.82, 2.24) is 5.32 Å². The molecule has 6 nitrogen and oxygen atoms in total. The number of carbonyl (C=O) groups excluding carboxylic acids is 2. The van der Waals surface area contributed by atoms with Gasteiger partial charge in [0, 0.05) is 11.4 Å². The van der Waals surface area contributed by atoms with Gasteiger partial charge >= 0.3 is 24.2 Å². The van der Waals surface area contributed by atoms with Gasteiger partial charge in [0.25, 0.3) is 6.17 Å². The van der Waals surface area contributed by atoms with Crippen molar-refractivity contribution in [3.05, 3.63) is 52.4 Å². The van der Waals surface area contributed by atoms with Crippen LogP contribution in [0.3, 0.4) is 0 Å². The highest BCUT2D eigenvalue weighted by atomic mass is 19.4. The van der Waals surface area contributed by atoms with E-state index in [1.807, 2.05) is 0 Å². The van der Waals surface area contributed by atoms with E-state index in [0.29, 0.717) is 11.4 Å². The summed E-state index contributed by atoms with van der Waals surface area (Å²) in [4.78, 5) is 25.4. The first-order chi connectivity index (χ1) is 15.7. The summed E-state index contributed by atoms with van der Waals surface area (Å²) in [5.41, 5.74) is 1.07. The van der Waals surface area contributed by atoms with Gasteiger partial charge in [0.2, 0.25) is 0 Å².